The minimum atomic E-state index is 0.272. The second kappa shape index (κ2) is 7.85. The second-order valence-corrected chi connectivity index (χ2v) is 5.78. The van der Waals surface area contributed by atoms with E-state index >= 15 is 0 Å². The summed E-state index contributed by atoms with van der Waals surface area (Å²) in [5.41, 5.74) is 0. The van der Waals surface area contributed by atoms with Gasteiger partial charge in [-0.25, -0.2) is 0 Å². The molecule has 2 saturated heterocycles. The lowest BCUT2D eigenvalue weighted by molar-refractivity contribution is -0.133. The molecule has 2 rings (SSSR count). The predicted octanol–water partition coefficient (Wildman–Crippen LogP) is 1.79. The Morgan fingerprint density at radius 1 is 1.26 bits per heavy atom. The van der Waals surface area contributed by atoms with Gasteiger partial charge in [-0.2, -0.15) is 0 Å². The van der Waals surface area contributed by atoms with Gasteiger partial charge in [-0.3, -0.25) is 4.79 Å². The number of carbonyl (C=O) groups excluding carboxylic acids is 1. The summed E-state index contributed by atoms with van der Waals surface area (Å²) in [6, 6.07) is 0.713. The summed E-state index contributed by atoms with van der Waals surface area (Å²) < 4.78 is 5.39. The number of carbonyl (C=O) groups is 1. The van der Waals surface area contributed by atoms with Gasteiger partial charge in [-0.05, 0) is 44.6 Å². The molecule has 0 aliphatic carbocycles. The lowest BCUT2D eigenvalue weighted by atomic mass is 9.88. The van der Waals surface area contributed by atoms with E-state index in [2.05, 4.69) is 12.2 Å². The van der Waals surface area contributed by atoms with Crippen LogP contribution in [0.3, 0.4) is 0 Å². The summed E-state index contributed by atoms with van der Waals surface area (Å²) in [5.74, 6) is 1.05. The molecule has 2 fully saturated rings. The molecule has 1 unspecified atom stereocenters. The van der Waals surface area contributed by atoms with Crippen LogP contribution in [0.5, 0.6) is 0 Å². The van der Waals surface area contributed by atoms with Crippen LogP contribution in [0.2, 0.25) is 0 Å². The van der Waals surface area contributed by atoms with Crippen LogP contribution in [-0.4, -0.2) is 49.7 Å². The van der Waals surface area contributed by atoms with Crippen molar-refractivity contribution in [3.63, 3.8) is 0 Å². The Balaban J connectivity index is 1.63. The first-order valence-corrected chi connectivity index (χ1v) is 7.90. The predicted molar refractivity (Wildman–Crippen MR) is 76.1 cm³/mol. The molecule has 1 amide bonds. The lowest BCUT2D eigenvalue weighted by Gasteiger charge is -2.35. The van der Waals surface area contributed by atoms with Crippen molar-refractivity contribution in [3.05, 3.63) is 0 Å². The van der Waals surface area contributed by atoms with E-state index < -0.39 is 0 Å². The maximum absolute atomic E-state index is 12.0. The zero-order valence-corrected chi connectivity index (χ0v) is 12.2. The highest BCUT2D eigenvalue weighted by Crippen LogP contribution is 2.25. The van der Waals surface area contributed by atoms with Crippen LogP contribution in [0.1, 0.15) is 45.4 Å². The monoisotopic (exact) mass is 268 g/mol. The van der Waals surface area contributed by atoms with E-state index in [0.717, 1.165) is 32.0 Å². The highest BCUT2D eigenvalue weighted by molar-refractivity contribution is 5.76. The molecule has 0 radical (unpaired) electrons. The third kappa shape index (κ3) is 4.46. The number of nitrogens with one attached hydrogen (secondary N) is 1. The molecule has 0 spiro atoms. The van der Waals surface area contributed by atoms with Gasteiger partial charge in [0.1, 0.15) is 0 Å². The van der Waals surface area contributed by atoms with Gasteiger partial charge in [0.05, 0.1) is 13.0 Å². The van der Waals surface area contributed by atoms with Crippen LogP contribution in [0.15, 0.2) is 0 Å². The summed E-state index contributed by atoms with van der Waals surface area (Å²) in [4.78, 5) is 14.0. The standard InChI is InChI=1S/C15H28N2O2/c1-2-11-19-12-7-15(18)17-9-5-13(6-10-17)14-4-3-8-16-14/h13-14,16H,2-12H2,1H3. The molecular formula is C15H28N2O2. The van der Waals surface area contributed by atoms with E-state index in [1.807, 2.05) is 4.90 Å². The summed E-state index contributed by atoms with van der Waals surface area (Å²) in [6.07, 6.45) is 6.54. The van der Waals surface area contributed by atoms with E-state index in [0.29, 0.717) is 19.1 Å². The average Bonchev–Trinajstić information content (AvgIpc) is 2.98. The van der Waals surface area contributed by atoms with Crippen LogP contribution in [-0.2, 0) is 9.53 Å². The van der Waals surface area contributed by atoms with Gasteiger partial charge in [0, 0.05) is 25.7 Å². The highest BCUT2D eigenvalue weighted by atomic mass is 16.5. The Hall–Kier alpha value is -0.610. The number of nitrogens with zero attached hydrogens (tertiary/aromatic N) is 1. The van der Waals surface area contributed by atoms with Crippen LogP contribution in [0.25, 0.3) is 0 Å². The molecule has 2 aliphatic heterocycles. The molecule has 4 heteroatoms. The van der Waals surface area contributed by atoms with Crippen molar-refractivity contribution in [2.24, 2.45) is 5.92 Å². The van der Waals surface area contributed by atoms with Gasteiger partial charge in [0.2, 0.25) is 5.91 Å². The maximum Gasteiger partial charge on any atom is 0.224 e. The first-order valence-electron chi connectivity index (χ1n) is 7.90. The zero-order chi connectivity index (χ0) is 13.5. The molecule has 19 heavy (non-hydrogen) atoms. The Bertz CT molecular complexity index is 269. The van der Waals surface area contributed by atoms with E-state index in [9.17, 15) is 4.79 Å². The van der Waals surface area contributed by atoms with Crippen molar-refractivity contribution in [3.8, 4) is 0 Å². The van der Waals surface area contributed by atoms with Gasteiger partial charge < -0.3 is 15.0 Å². The molecule has 1 atom stereocenters. The fourth-order valence-corrected chi connectivity index (χ4v) is 3.23. The number of likely N-dealkylation sites (tertiary alicyclic amines) is 1. The van der Waals surface area contributed by atoms with Crippen LogP contribution < -0.4 is 5.32 Å². The van der Waals surface area contributed by atoms with Crippen LogP contribution in [0, 0.1) is 5.92 Å². The third-order valence-corrected chi connectivity index (χ3v) is 4.37. The Morgan fingerprint density at radius 3 is 2.68 bits per heavy atom. The smallest absolute Gasteiger partial charge is 0.224 e. The molecule has 0 aromatic carbocycles. The molecule has 4 nitrogen and oxygen atoms in total. The largest absolute Gasteiger partial charge is 0.381 e. The molecule has 2 aliphatic rings. The van der Waals surface area contributed by atoms with Gasteiger partial charge in [-0.1, -0.05) is 6.92 Å². The number of piperidine rings is 1. The summed E-state index contributed by atoms with van der Waals surface area (Å²) in [5, 5.41) is 3.60. The van der Waals surface area contributed by atoms with Crippen LogP contribution >= 0.6 is 0 Å². The minimum absolute atomic E-state index is 0.272. The molecule has 1 N–H and O–H groups in total. The van der Waals surface area contributed by atoms with Crippen molar-refractivity contribution in [1.82, 2.24) is 10.2 Å². The Morgan fingerprint density at radius 2 is 2.05 bits per heavy atom. The van der Waals surface area contributed by atoms with Crippen molar-refractivity contribution in [2.45, 2.75) is 51.5 Å². The number of amides is 1. The number of rotatable bonds is 6. The second-order valence-electron chi connectivity index (χ2n) is 5.78. The van der Waals surface area contributed by atoms with Gasteiger partial charge in [-0.15, -0.1) is 0 Å². The fraction of sp³-hybridized carbons (Fsp3) is 0.933. The summed E-state index contributed by atoms with van der Waals surface area (Å²) in [7, 11) is 0. The van der Waals surface area contributed by atoms with Gasteiger partial charge >= 0.3 is 0 Å². The molecule has 0 aromatic heterocycles. The average molecular weight is 268 g/mol. The van der Waals surface area contributed by atoms with E-state index in [-0.39, 0.29) is 5.91 Å². The minimum Gasteiger partial charge on any atom is -0.381 e. The van der Waals surface area contributed by atoms with Crippen molar-refractivity contribution < 1.29 is 9.53 Å². The molecule has 2 heterocycles. The first kappa shape index (κ1) is 14.8. The Labute approximate surface area is 116 Å². The van der Waals surface area contributed by atoms with Crippen molar-refractivity contribution in [2.75, 3.05) is 32.8 Å². The maximum atomic E-state index is 12.0. The molecular weight excluding hydrogens is 240 g/mol. The topological polar surface area (TPSA) is 41.6 Å². The zero-order valence-electron chi connectivity index (χ0n) is 12.2. The van der Waals surface area contributed by atoms with Crippen LogP contribution in [0.4, 0.5) is 0 Å². The normalized spacial score (nSPS) is 24.9. The third-order valence-electron chi connectivity index (χ3n) is 4.37. The summed E-state index contributed by atoms with van der Waals surface area (Å²) in [6.45, 7) is 6.49. The van der Waals surface area contributed by atoms with Crippen molar-refractivity contribution >= 4 is 5.91 Å². The quantitative estimate of drug-likeness (QED) is 0.747. The van der Waals surface area contributed by atoms with E-state index in [1.54, 1.807) is 0 Å². The number of ether oxygens (including phenoxy) is 1. The SMILES string of the molecule is CCCOCCC(=O)N1CCC(C2CCCN2)CC1. The molecule has 0 saturated carbocycles. The molecule has 110 valence electrons. The van der Waals surface area contributed by atoms with Gasteiger partial charge in [0.15, 0.2) is 0 Å². The van der Waals surface area contributed by atoms with Crippen molar-refractivity contribution in [1.29, 1.82) is 0 Å². The highest BCUT2D eigenvalue weighted by Gasteiger charge is 2.29. The number of hydrogen-bond acceptors (Lipinski definition) is 3. The van der Waals surface area contributed by atoms with Gasteiger partial charge in [0.25, 0.3) is 0 Å². The molecule has 0 aromatic rings. The lowest BCUT2D eigenvalue weighted by Crippen LogP contribution is -2.43. The number of hydrogen-bond donors (Lipinski definition) is 1. The molecule has 0 bridgehead atoms. The first-order chi connectivity index (χ1) is 9.31. The Kier molecular flexibility index (Phi) is 6.11. The summed E-state index contributed by atoms with van der Waals surface area (Å²) >= 11 is 0. The van der Waals surface area contributed by atoms with E-state index in [4.69, 9.17) is 4.74 Å². The van der Waals surface area contributed by atoms with E-state index in [1.165, 1.54) is 32.2 Å². The fourth-order valence-electron chi connectivity index (χ4n) is 3.23.